The molecule has 1 aliphatic rings. The van der Waals surface area contributed by atoms with Crippen LogP contribution in [0.5, 0.6) is 0 Å². The van der Waals surface area contributed by atoms with Gasteiger partial charge in [-0.15, -0.1) is 0 Å². The molecule has 2 amide bonds. The first-order chi connectivity index (χ1) is 7.89. The van der Waals surface area contributed by atoms with Crippen LogP contribution in [0.3, 0.4) is 0 Å². The maximum Gasteiger partial charge on any atom is 0.282 e. The number of alkyl halides is 2. The molecule has 0 aromatic carbocycles. The number of carbonyl (C=O) groups excluding carboxylic acids is 2. The Balaban J connectivity index is 2.15. The third-order valence-corrected chi connectivity index (χ3v) is 2.29. The summed E-state index contributed by atoms with van der Waals surface area (Å²) in [5, 5.41) is 0. The maximum atomic E-state index is 12.6. The lowest BCUT2D eigenvalue weighted by molar-refractivity contribution is -0.113. The minimum Gasteiger partial charge on any atom is -0.364 e. The lowest BCUT2D eigenvalue weighted by atomic mass is 10.1. The summed E-state index contributed by atoms with van der Waals surface area (Å²) in [6.45, 7) is -1.23. The summed E-state index contributed by atoms with van der Waals surface area (Å²) >= 11 is 0. The van der Waals surface area contributed by atoms with E-state index in [-0.39, 0.29) is 11.3 Å². The first kappa shape index (κ1) is 11.4. The number of hydrogen-bond acceptors (Lipinski definition) is 3. The molecule has 89 valence electrons. The summed E-state index contributed by atoms with van der Waals surface area (Å²) in [4.78, 5) is 27.1. The Hall–Kier alpha value is -2.05. The van der Waals surface area contributed by atoms with Gasteiger partial charge in [0.05, 0.1) is 18.7 Å². The molecule has 0 unspecified atom stereocenters. The predicted molar refractivity (Wildman–Crippen MR) is 52.4 cm³/mol. The normalized spacial score (nSPS) is 17.4. The highest BCUT2D eigenvalue weighted by Gasteiger charge is 2.46. The van der Waals surface area contributed by atoms with Gasteiger partial charge in [-0.2, -0.15) is 0 Å². The van der Waals surface area contributed by atoms with Crippen molar-refractivity contribution in [2.45, 2.75) is 5.92 Å². The second-order valence-electron chi connectivity index (χ2n) is 3.71. The van der Waals surface area contributed by atoms with Crippen LogP contribution in [0.2, 0.25) is 0 Å². The second kappa shape index (κ2) is 3.76. The number of pyridine rings is 1. The molecule has 5 nitrogen and oxygen atoms in total. The molecular formula is C10H8F2N3O2. The van der Waals surface area contributed by atoms with Gasteiger partial charge >= 0.3 is 0 Å². The first-order valence-corrected chi connectivity index (χ1v) is 4.74. The summed E-state index contributed by atoms with van der Waals surface area (Å²) in [6.07, 6.45) is 1.21. The van der Waals surface area contributed by atoms with Crippen molar-refractivity contribution >= 4 is 11.8 Å². The van der Waals surface area contributed by atoms with Crippen molar-refractivity contribution in [3.8, 4) is 0 Å². The zero-order valence-corrected chi connectivity index (χ0v) is 8.61. The van der Waals surface area contributed by atoms with E-state index in [9.17, 15) is 18.4 Å². The summed E-state index contributed by atoms with van der Waals surface area (Å²) in [5.41, 5.74) is 4.78. The fourth-order valence-electron chi connectivity index (χ4n) is 1.46. The molecule has 0 spiro atoms. The molecule has 7 heteroatoms. The zero-order valence-electron chi connectivity index (χ0n) is 8.61. The highest BCUT2D eigenvalue weighted by atomic mass is 19.3. The molecule has 0 bridgehead atoms. The molecule has 0 atom stereocenters. The van der Waals surface area contributed by atoms with Crippen molar-refractivity contribution in [1.82, 2.24) is 9.88 Å². The fraction of sp³-hybridized carbons (Fsp3) is 0.300. The van der Waals surface area contributed by atoms with Crippen molar-refractivity contribution in [1.29, 1.82) is 0 Å². The molecule has 1 aromatic heterocycles. The Labute approximate surface area is 95.2 Å². The van der Waals surface area contributed by atoms with Crippen molar-refractivity contribution in [3.05, 3.63) is 29.6 Å². The number of hydrogen-bond donors (Lipinski definition) is 1. The van der Waals surface area contributed by atoms with Gasteiger partial charge in [0.1, 0.15) is 5.69 Å². The van der Waals surface area contributed by atoms with E-state index >= 15 is 0 Å². The molecule has 0 aliphatic carbocycles. The Morgan fingerprint density at radius 1 is 1.47 bits per heavy atom. The minimum atomic E-state index is -2.82. The van der Waals surface area contributed by atoms with Gasteiger partial charge in [0.25, 0.3) is 17.7 Å². The van der Waals surface area contributed by atoms with Crippen LogP contribution in [0, 0.1) is 6.07 Å². The van der Waals surface area contributed by atoms with Gasteiger partial charge in [-0.3, -0.25) is 14.6 Å². The van der Waals surface area contributed by atoms with Gasteiger partial charge in [0.2, 0.25) is 0 Å². The van der Waals surface area contributed by atoms with Gasteiger partial charge in [-0.05, 0) is 6.07 Å². The second-order valence-corrected chi connectivity index (χ2v) is 3.71. The Bertz CT molecular complexity index is 482. The van der Waals surface area contributed by atoms with Crippen LogP contribution in [0.15, 0.2) is 12.3 Å². The van der Waals surface area contributed by atoms with Gasteiger partial charge in [0.15, 0.2) is 0 Å². The van der Waals surface area contributed by atoms with Crippen LogP contribution in [-0.2, 0) is 0 Å². The molecule has 1 fully saturated rings. The monoisotopic (exact) mass is 240 g/mol. The van der Waals surface area contributed by atoms with Gasteiger partial charge < -0.3 is 10.6 Å². The summed E-state index contributed by atoms with van der Waals surface area (Å²) in [7, 11) is 0. The van der Waals surface area contributed by atoms with Gasteiger partial charge in [0, 0.05) is 12.3 Å². The summed E-state index contributed by atoms with van der Waals surface area (Å²) in [6, 6.07) is 3.70. The SMILES string of the molecule is NC(=O)c1[c]c(C(=O)N2CC(F)(F)C2)ccn1. The van der Waals surface area contributed by atoms with Crippen LogP contribution in [0.1, 0.15) is 20.8 Å². The van der Waals surface area contributed by atoms with E-state index in [1.807, 2.05) is 0 Å². The molecule has 2 rings (SSSR count). The van der Waals surface area contributed by atoms with E-state index in [1.165, 1.54) is 12.3 Å². The lowest BCUT2D eigenvalue weighted by Crippen LogP contribution is -2.58. The highest BCUT2D eigenvalue weighted by molar-refractivity contribution is 5.97. The number of halogens is 2. The van der Waals surface area contributed by atoms with Crippen molar-refractivity contribution in [2.24, 2.45) is 5.73 Å². The average molecular weight is 240 g/mol. The van der Waals surface area contributed by atoms with E-state index < -0.39 is 30.8 Å². The van der Waals surface area contributed by atoms with Crippen LogP contribution in [-0.4, -0.2) is 40.7 Å². The number of likely N-dealkylation sites (tertiary alicyclic amines) is 1. The van der Waals surface area contributed by atoms with Crippen molar-refractivity contribution in [3.63, 3.8) is 0 Å². The predicted octanol–water partition coefficient (Wildman–Crippen LogP) is 0.0718. The average Bonchev–Trinajstić information content (AvgIpc) is 2.25. The van der Waals surface area contributed by atoms with Crippen LogP contribution in [0.25, 0.3) is 0 Å². The molecule has 2 N–H and O–H groups in total. The fourth-order valence-corrected chi connectivity index (χ4v) is 1.46. The minimum absolute atomic E-state index is 0.00398. The topological polar surface area (TPSA) is 76.3 Å². The first-order valence-electron chi connectivity index (χ1n) is 4.74. The van der Waals surface area contributed by atoms with Crippen molar-refractivity contribution in [2.75, 3.05) is 13.1 Å². The molecule has 0 saturated carbocycles. The Morgan fingerprint density at radius 2 is 2.12 bits per heavy atom. The highest BCUT2D eigenvalue weighted by Crippen LogP contribution is 2.27. The number of nitrogens with zero attached hydrogens (tertiary/aromatic N) is 2. The van der Waals surface area contributed by atoms with Gasteiger partial charge in [-0.25, -0.2) is 8.78 Å². The third kappa shape index (κ3) is 2.22. The van der Waals surface area contributed by atoms with Crippen LogP contribution >= 0.6 is 0 Å². The van der Waals surface area contributed by atoms with E-state index in [4.69, 9.17) is 5.73 Å². The molecule has 1 radical (unpaired) electrons. The van der Waals surface area contributed by atoms with E-state index in [2.05, 4.69) is 11.1 Å². The molecule has 17 heavy (non-hydrogen) atoms. The third-order valence-electron chi connectivity index (χ3n) is 2.29. The van der Waals surface area contributed by atoms with E-state index in [0.29, 0.717) is 0 Å². The van der Waals surface area contributed by atoms with E-state index in [0.717, 1.165) is 4.90 Å². The number of primary amides is 1. The Kier molecular flexibility index (Phi) is 2.53. The maximum absolute atomic E-state index is 12.6. The summed E-state index contributed by atoms with van der Waals surface area (Å²) in [5.74, 6) is -4.26. The number of aromatic nitrogens is 1. The zero-order chi connectivity index (χ0) is 12.6. The number of amides is 2. The Morgan fingerprint density at radius 3 is 2.65 bits per heavy atom. The molecule has 2 heterocycles. The largest absolute Gasteiger partial charge is 0.364 e. The molecular weight excluding hydrogens is 232 g/mol. The summed E-state index contributed by atoms with van der Waals surface area (Å²) < 4.78 is 25.2. The van der Waals surface area contributed by atoms with Crippen LogP contribution < -0.4 is 5.73 Å². The number of nitrogens with two attached hydrogens (primary N) is 1. The van der Waals surface area contributed by atoms with E-state index in [1.54, 1.807) is 0 Å². The molecule has 1 aliphatic heterocycles. The lowest BCUT2D eigenvalue weighted by Gasteiger charge is -2.38. The van der Waals surface area contributed by atoms with Crippen LogP contribution in [0.4, 0.5) is 8.78 Å². The smallest absolute Gasteiger partial charge is 0.282 e. The quantitative estimate of drug-likeness (QED) is 0.794. The number of carbonyl (C=O) groups is 2. The number of rotatable bonds is 2. The molecule has 1 aromatic rings. The van der Waals surface area contributed by atoms with Crippen molar-refractivity contribution < 1.29 is 18.4 Å². The standard InChI is InChI=1S/C10H8F2N3O2/c11-10(12)4-15(5-10)9(17)6-1-2-14-7(3-6)8(13)16/h1-2H,4-5H2,(H2,13,16). The van der Waals surface area contributed by atoms with Gasteiger partial charge in [-0.1, -0.05) is 0 Å². The molecule has 1 saturated heterocycles.